The van der Waals surface area contributed by atoms with E-state index in [2.05, 4.69) is 10.9 Å². The first-order valence-electron chi connectivity index (χ1n) is 5.73. The van der Waals surface area contributed by atoms with E-state index in [0.29, 0.717) is 22.8 Å². The van der Waals surface area contributed by atoms with Gasteiger partial charge in [0.05, 0.1) is 18.9 Å². The molecule has 0 aliphatic rings. The Morgan fingerprint density at radius 1 is 1.50 bits per heavy atom. The standard InChI is InChI=1S/C15H17NO2/c1-5-12-8-9-14(10-15(12)17-4)18-13(6-2)11-16-7-3/h1,6,8-11H,7H2,2-4H3. The van der Waals surface area contributed by atoms with E-state index in [4.69, 9.17) is 15.9 Å². The minimum Gasteiger partial charge on any atom is -0.495 e. The number of aliphatic imine (C=N–C) groups is 1. The Kier molecular flexibility index (Phi) is 5.53. The maximum atomic E-state index is 5.67. The molecule has 0 unspecified atom stereocenters. The van der Waals surface area contributed by atoms with Crippen LogP contribution in [0.4, 0.5) is 0 Å². The lowest BCUT2D eigenvalue weighted by Gasteiger charge is -2.09. The van der Waals surface area contributed by atoms with E-state index in [-0.39, 0.29) is 0 Å². The third-order valence-corrected chi connectivity index (χ3v) is 2.25. The van der Waals surface area contributed by atoms with Gasteiger partial charge in [-0.1, -0.05) is 5.92 Å². The van der Waals surface area contributed by atoms with Gasteiger partial charge in [-0.15, -0.1) is 6.42 Å². The summed E-state index contributed by atoms with van der Waals surface area (Å²) in [5, 5.41) is 0. The molecule has 0 aliphatic heterocycles. The maximum absolute atomic E-state index is 5.67. The van der Waals surface area contributed by atoms with Crippen LogP contribution >= 0.6 is 0 Å². The summed E-state index contributed by atoms with van der Waals surface area (Å²) in [6.07, 6.45) is 8.91. The summed E-state index contributed by atoms with van der Waals surface area (Å²) in [6.45, 7) is 4.58. The molecule has 3 nitrogen and oxygen atoms in total. The molecule has 3 heteroatoms. The van der Waals surface area contributed by atoms with Gasteiger partial charge >= 0.3 is 0 Å². The van der Waals surface area contributed by atoms with Crippen molar-refractivity contribution in [2.75, 3.05) is 13.7 Å². The Balaban J connectivity index is 2.92. The predicted octanol–water partition coefficient (Wildman–Crippen LogP) is 3.05. The number of ether oxygens (including phenoxy) is 2. The highest BCUT2D eigenvalue weighted by Gasteiger charge is 2.04. The van der Waals surface area contributed by atoms with Gasteiger partial charge < -0.3 is 9.47 Å². The normalized spacial score (nSPS) is 11.3. The molecule has 0 saturated carbocycles. The van der Waals surface area contributed by atoms with E-state index in [1.54, 1.807) is 31.5 Å². The SMILES string of the molecule is C#Cc1ccc(OC(C=NCC)=CC)cc1OC. The lowest BCUT2D eigenvalue weighted by molar-refractivity contribution is 0.405. The van der Waals surface area contributed by atoms with Crippen LogP contribution in [0.2, 0.25) is 0 Å². The summed E-state index contributed by atoms with van der Waals surface area (Å²) in [6, 6.07) is 5.36. The fourth-order valence-corrected chi connectivity index (χ4v) is 1.33. The number of hydrogen-bond acceptors (Lipinski definition) is 3. The van der Waals surface area contributed by atoms with Crippen LogP contribution in [0.15, 0.2) is 35.0 Å². The monoisotopic (exact) mass is 243 g/mol. The van der Waals surface area contributed by atoms with Crippen LogP contribution in [-0.2, 0) is 0 Å². The van der Waals surface area contributed by atoms with Crippen LogP contribution in [0, 0.1) is 12.3 Å². The Labute approximate surface area is 108 Å². The highest BCUT2D eigenvalue weighted by molar-refractivity contribution is 5.76. The Hall–Kier alpha value is -2.21. The predicted molar refractivity (Wildman–Crippen MR) is 74.3 cm³/mol. The van der Waals surface area contributed by atoms with Gasteiger partial charge in [0.2, 0.25) is 0 Å². The summed E-state index contributed by atoms with van der Waals surface area (Å²) >= 11 is 0. The van der Waals surface area contributed by atoms with E-state index < -0.39 is 0 Å². The molecule has 0 amide bonds. The quantitative estimate of drug-likeness (QED) is 0.452. The maximum Gasteiger partial charge on any atom is 0.140 e. The van der Waals surface area contributed by atoms with Crippen LogP contribution in [0.5, 0.6) is 11.5 Å². The summed E-state index contributed by atoms with van der Waals surface area (Å²) in [5.41, 5.74) is 0.703. The minimum absolute atomic E-state index is 0.623. The second-order valence-electron chi connectivity index (χ2n) is 3.43. The number of allylic oxidation sites excluding steroid dienone is 2. The molecule has 94 valence electrons. The molecule has 0 heterocycles. The number of benzene rings is 1. The second kappa shape index (κ2) is 7.18. The fourth-order valence-electron chi connectivity index (χ4n) is 1.33. The van der Waals surface area contributed by atoms with E-state index >= 15 is 0 Å². The average Bonchev–Trinajstić information content (AvgIpc) is 2.43. The first-order chi connectivity index (χ1) is 8.74. The Morgan fingerprint density at radius 3 is 2.83 bits per heavy atom. The van der Waals surface area contributed by atoms with Crippen LogP contribution in [-0.4, -0.2) is 19.9 Å². The Bertz CT molecular complexity index is 496. The molecule has 1 aromatic carbocycles. The molecule has 0 atom stereocenters. The fraction of sp³-hybridized carbons (Fsp3) is 0.267. The number of methoxy groups -OCH3 is 1. The average molecular weight is 243 g/mol. The van der Waals surface area contributed by atoms with Gasteiger partial charge in [-0.05, 0) is 32.1 Å². The topological polar surface area (TPSA) is 30.8 Å². The van der Waals surface area contributed by atoms with Crippen molar-refractivity contribution in [2.24, 2.45) is 4.99 Å². The van der Waals surface area contributed by atoms with Crippen molar-refractivity contribution in [3.8, 4) is 23.8 Å². The van der Waals surface area contributed by atoms with Crippen molar-refractivity contribution in [3.05, 3.63) is 35.6 Å². The molecule has 0 spiro atoms. The van der Waals surface area contributed by atoms with Crippen molar-refractivity contribution >= 4 is 6.21 Å². The van der Waals surface area contributed by atoms with Crippen LogP contribution in [0.25, 0.3) is 0 Å². The number of terminal acetylenes is 1. The van der Waals surface area contributed by atoms with Crippen LogP contribution in [0.1, 0.15) is 19.4 Å². The summed E-state index contributed by atoms with van der Waals surface area (Å²) < 4.78 is 10.9. The largest absolute Gasteiger partial charge is 0.495 e. The molecular formula is C15H17NO2. The highest BCUT2D eigenvalue weighted by atomic mass is 16.5. The minimum atomic E-state index is 0.623. The van der Waals surface area contributed by atoms with Gasteiger partial charge in [0.25, 0.3) is 0 Å². The highest BCUT2D eigenvalue weighted by Crippen LogP contribution is 2.25. The number of rotatable bonds is 5. The van der Waals surface area contributed by atoms with Crippen molar-refractivity contribution in [1.29, 1.82) is 0 Å². The molecule has 1 rings (SSSR count). The van der Waals surface area contributed by atoms with Gasteiger partial charge in [0.15, 0.2) is 0 Å². The number of hydrogen-bond donors (Lipinski definition) is 0. The molecule has 0 aliphatic carbocycles. The molecule has 0 aromatic heterocycles. The third-order valence-electron chi connectivity index (χ3n) is 2.25. The van der Waals surface area contributed by atoms with Crippen molar-refractivity contribution < 1.29 is 9.47 Å². The molecule has 0 saturated heterocycles. The summed E-state index contributed by atoms with van der Waals surface area (Å²) in [7, 11) is 1.58. The molecule has 0 N–H and O–H groups in total. The van der Waals surface area contributed by atoms with E-state index in [0.717, 1.165) is 6.54 Å². The van der Waals surface area contributed by atoms with Gasteiger partial charge in [0, 0.05) is 12.6 Å². The van der Waals surface area contributed by atoms with Crippen molar-refractivity contribution in [2.45, 2.75) is 13.8 Å². The van der Waals surface area contributed by atoms with Gasteiger partial charge in [-0.3, -0.25) is 4.99 Å². The van der Waals surface area contributed by atoms with Gasteiger partial charge in [-0.2, -0.15) is 0 Å². The van der Waals surface area contributed by atoms with Gasteiger partial charge in [0.1, 0.15) is 17.3 Å². The zero-order valence-electron chi connectivity index (χ0n) is 10.9. The molecule has 0 bridgehead atoms. The smallest absolute Gasteiger partial charge is 0.140 e. The molecule has 1 aromatic rings. The Morgan fingerprint density at radius 2 is 2.28 bits per heavy atom. The van der Waals surface area contributed by atoms with Crippen LogP contribution in [0.3, 0.4) is 0 Å². The molecule has 18 heavy (non-hydrogen) atoms. The van der Waals surface area contributed by atoms with Crippen molar-refractivity contribution in [3.63, 3.8) is 0 Å². The lowest BCUT2D eigenvalue weighted by atomic mass is 10.2. The zero-order valence-corrected chi connectivity index (χ0v) is 10.9. The van der Waals surface area contributed by atoms with Crippen LogP contribution < -0.4 is 9.47 Å². The van der Waals surface area contributed by atoms with Crippen molar-refractivity contribution in [1.82, 2.24) is 0 Å². The lowest BCUT2D eigenvalue weighted by Crippen LogP contribution is -1.98. The third kappa shape index (κ3) is 3.67. The summed E-state index contributed by atoms with van der Waals surface area (Å²) in [4.78, 5) is 4.13. The first-order valence-corrected chi connectivity index (χ1v) is 5.73. The molecule has 0 radical (unpaired) electrons. The second-order valence-corrected chi connectivity index (χ2v) is 3.43. The zero-order chi connectivity index (χ0) is 13.4. The first kappa shape index (κ1) is 13.9. The van der Waals surface area contributed by atoms with E-state index in [9.17, 15) is 0 Å². The summed E-state index contributed by atoms with van der Waals surface area (Å²) in [5.74, 6) is 4.53. The van der Waals surface area contributed by atoms with E-state index in [1.807, 2.05) is 19.9 Å². The number of nitrogens with zero attached hydrogens (tertiary/aromatic N) is 1. The molecule has 0 fully saturated rings. The van der Waals surface area contributed by atoms with E-state index in [1.165, 1.54) is 0 Å². The van der Waals surface area contributed by atoms with Gasteiger partial charge in [-0.25, -0.2) is 0 Å². The molecular weight excluding hydrogens is 226 g/mol.